The van der Waals surface area contributed by atoms with E-state index < -0.39 is 11.9 Å². The number of nitrogens with zero attached hydrogens (tertiary/aromatic N) is 3. The Morgan fingerprint density at radius 2 is 2.11 bits per heavy atom. The molecule has 1 aromatic heterocycles. The van der Waals surface area contributed by atoms with Crippen molar-refractivity contribution in [2.75, 3.05) is 31.6 Å². The highest BCUT2D eigenvalue weighted by Gasteiger charge is 2.33. The third kappa shape index (κ3) is 5.35. The molecule has 1 atom stereocenters. The summed E-state index contributed by atoms with van der Waals surface area (Å²) >= 11 is 1.03. The minimum atomic E-state index is -4.38. The van der Waals surface area contributed by atoms with E-state index in [0.29, 0.717) is 23.9 Å². The van der Waals surface area contributed by atoms with Crippen molar-refractivity contribution < 1.29 is 13.2 Å². The predicted molar refractivity (Wildman–Crippen MR) is 102 cm³/mol. The minimum Gasteiger partial charge on any atom is -0.369 e. The van der Waals surface area contributed by atoms with Gasteiger partial charge in [0.15, 0.2) is 11.7 Å². The molecule has 1 unspecified atom stereocenters. The fourth-order valence-corrected chi connectivity index (χ4v) is 3.79. The van der Waals surface area contributed by atoms with Gasteiger partial charge in [-0.25, -0.2) is 4.98 Å². The Morgan fingerprint density at radius 1 is 1.33 bits per heavy atom. The normalized spacial score (nSPS) is 18.0. The van der Waals surface area contributed by atoms with Crippen LogP contribution in [0.15, 0.2) is 40.7 Å². The predicted octanol–water partition coefficient (Wildman–Crippen LogP) is 3.15. The van der Waals surface area contributed by atoms with Gasteiger partial charge in [-0.3, -0.25) is 4.99 Å². The summed E-state index contributed by atoms with van der Waals surface area (Å²) in [5.74, 6) is 0.655. The molecule has 0 radical (unpaired) electrons. The number of guanidine groups is 1. The van der Waals surface area contributed by atoms with Gasteiger partial charge >= 0.3 is 6.18 Å². The Hall–Kier alpha value is -2.29. The first-order valence-corrected chi connectivity index (χ1v) is 9.62. The number of aromatic nitrogens is 1. The Morgan fingerprint density at radius 3 is 2.78 bits per heavy atom. The molecule has 0 saturated carbocycles. The van der Waals surface area contributed by atoms with Crippen LogP contribution in [-0.4, -0.2) is 43.7 Å². The standard InChI is InChI=1S/C18H22F3N5S/c1-22-17(23-9-7-16-25-15(12-27-16)18(19,20)21)24-13-8-10-26(11-13)14-5-3-2-4-6-14/h2-6,12-13H,7-11H2,1H3,(H2,22,23,24). The Balaban J connectivity index is 1.44. The lowest BCUT2D eigenvalue weighted by Crippen LogP contribution is -2.45. The number of thiazole rings is 1. The van der Waals surface area contributed by atoms with E-state index in [-0.39, 0.29) is 6.04 Å². The van der Waals surface area contributed by atoms with Crippen molar-refractivity contribution in [3.05, 3.63) is 46.4 Å². The minimum absolute atomic E-state index is 0.271. The monoisotopic (exact) mass is 397 g/mol. The molecule has 9 heteroatoms. The lowest BCUT2D eigenvalue weighted by atomic mass is 10.3. The van der Waals surface area contributed by atoms with Gasteiger partial charge in [0, 0.05) is 50.2 Å². The highest BCUT2D eigenvalue weighted by Crippen LogP contribution is 2.30. The van der Waals surface area contributed by atoms with Crippen LogP contribution in [-0.2, 0) is 12.6 Å². The van der Waals surface area contributed by atoms with Gasteiger partial charge in [-0.1, -0.05) is 18.2 Å². The quantitative estimate of drug-likeness (QED) is 0.601. The highest BCUT2D eigenvalue weighted by molar-refractivity contribution is 7.09. The average Bonchev–Trinajstić information content (AvgIpc) is 3.31. The Kier molecular flexibility index (Phi) is 6.20. The second-order valence-electron chi connectivity index (χ2n) is 6.28. The molecule has 2 aromatic rings. The molecular formula is C18H22F3N5S. The van der Waals surface area contributed by atoms with Gasteiger partial charge in [-0.15, -0.1) is 11.3 Å². The molecule has 1 aliphatic heterocycles. The van der Waals surface area contributed by atoms with E-state index in [9.17, 15) is 13.2 Å². The summed E-state index contributed by atoms with van der Waals surface area (Å²) in [6.45, 7) is 2.32. The second kappa shape index (κ2) is 8.60. The van der Waals surface area contributed by atoms with E-state index in [0.717, 1.165) is 36.2 Å². The van der Waals surface area contributed by atoms with Crippen molar-refractivity contribution in [2.45, 2.75) is 25.1 Å². The first-order valence-electron chi connectivity index (χ1n) is 8.74. The number of alkyl halides is 3. The van der Waals surface area contributed by atoms with Crippen molar-refractivity contribution in [3.63, 3.8) is 0 Å². The van der Waals surface area contributed by atoms with Crippen molar-refractivity contribution in [1.82, 2.24) is 15.6 Å². The van der Waals surface area contributed by atoms with Crippen LogP contribution in [0.1, 0.15) is 17.1 Å². The first kappa shape index (κ1) is 19.5. The van der Waals surface area contributed by atoms with Gasteiger partial charge < -0.3 is 15.5 Å². The molecule has 2 heterocycles. The molecule has 5 nitrogen and oxygen atoms in total. The molecule has 1 aliphatic rings. The molecule has 3 rings (SSSR count). The number of para-hydroxylation sites is 1. The van der Waals surface area contributed by atoms with E-state index in [2.05, 4.69) is 37.6 Å². The van der Waals surface area contributed by atoms with E-state index in [1.807, 2.05) is 18.2 Å². The van der Waals surface area contributed by atoms with Crippen LogP contribution in [0.3, 0.4) is 0 Å². The molecule has 0 spiro atoms. The lowest BCUT2D eigenvalue weighted by molar-refractivity contribution is -0.140. The van der Waals surface area contributed by atoms with Gasteiger partial charge in [0.05, 0.1) is 5.01 Å². The van der Waals surface area contributed by atoms with Gasteiger partial charge in [0.2, 0.25) is 0 Å². The second-order valence-corrected chi connectivity index (χ2v) is 7.23. The number of anilines is 1. The summed E-state index contributed by atoms with van der Waals surface area (Å²) in [7, 11) is 1.68. The number of hydrogen-bond donors (Lipinski definition) is 2. The number of nitrogens with one attached hydrogen (secondary N) is 2. The number of benzene rings is 1. The molecule has 0 amide bonds. The summed E-state index contributed by atoms with van der Waals surface area (Å²) in [6, 6.07) is 10.5. The zero-order valence-corrected chi connectivity index (χ0v) is 15.8. The summed E-state index contributed by atoms with van der Waals surface area (Å²) in [5, 5.41) is 8.05. The number of rotatable bonds is 5. The summed E-state index contributed by atoms with van der Waals surface area (Å²) in [4.78, 5) is 10.2. The zero-order valence-electron chi connectivity index (χ0n) is 15.0. The third-order valence-corrected chi connectivity index (χ3v) is 5.26. The van der Waals surface area contributed by atoms with Crippen LogP contribution < -0.4 is 15.5 Å². The van der Waals surface area contributed by atoms with E-state index >= 15 is 0 Å². The Labute approximate surface area is 160 Å². The molecular weight excluding hydrogens is 375 g/mol. The third-order valence-electron chi connectivity index (χ3n) is 4.35. The fraction of sp³-hybridized carbons (Fsp3) is 0.444. The molecule has 27 heavy (non-hydrogen) atoms. The van der Waals surface area contributed by atoms with Crippen molar-refractivity contribution in [2.24, 2.45) is 4.99 Å². The van der Waals surface area contributed by atoms with E-state index in [4.69, 9.17) is 0 Å². The summed E-state index contributed by atoms with van der Waals surface area (Å²) in [5.41, 5.74) is 0.381. The smallest absolute Gasteiger partial charge is 0.369 e. The summed E-state index contributed by atoms with van der Waals surface area (Å²) in [6.07, 6.45) is -2.97. The van der Waals surface area contributed by atoms with Crippen molar-refractivity contribution in [3.8, 4) is 0 Å². The van der Waals surface area contributed by atoms with Crippen molar-refractivity contribution in [1.29, 1.82) is 0 Å². The van der Waals surface area contributed by atoms with Crippen LogP contribution >= 0.6 is 11.3 Å². The number of hydrogen-bond acceptors (Lipinski definition) is 4. The van der Waals surface area contributed by atoms with Crippen LogP contribution in [0, 0.1) is 0 Å². The van der Waals surface area contributed by atoms with E-state index in [1.54, 1.807) is 7.05 Å². The van der Waals surface area contributed by atoms with Crippen LogP contribution in [0.5, 0.6) is 0 Å². The zero-order chi connectivity index (χ0) is 19.3. The van der Waals surface area contributed by atoms with Crippen molar-refractivity contribution >= 4 is 23.0 Å². The topological polar surface area (TPSA) is 52.6 Å². The van der Waals surface area contributed by atoms with Crippen LogP contribution in [0.2, 0.25) is 0 Å². The average molecular weight is 397 g/mol. The maximum Gasteiger partial charge on any atom is 0.434 e. The van der Waals surface area contributed by atoms with Gasteiger partial charge in [0.25, 0.3) is 0 Å². The highest BCUT2D eigenvalue weighted by atomic mass is 32.1. The Bertz CT molecular complexity index is 760. The fourth-order valence-electron chi connectivity index (χ4n) is 2.98. The first-order chi connectivity index (χ1) is 13.0. The van der Waals surface area contributed by atoms with Gasteiger partial charge in [-0.05, 0) is 18.6 Å². The summed E-state index contributed by atoms with van der Waals surface area (Å²) < 4.78 is 37.7. The van der Waals surface area contributed by atoms with Gasteiger partial charge in [0.1, 0.15) is 0 Å². The molecule has 146 valence electrons. The van der Waals surface area contributed by atoms with Gasteiger partial charge in [-0.2, -0.15) is 13.2 Å². The SMILES string of the molecule is CN=C(NCCc1nc(C(F)(F)F)cs1)NC1CCN(c2ccccc2)C1. The number of halogens is 3. The maximum absolute atomic E-state index is 12.6. The molecule has 1 fully saturated rings. The molecule has 0 aliphatic carbocycles. The lowest BCUT2D eigenvalue weighted by Gasteiger charge is -2.20. The molecule has 1 aromatic carbocycles. The van der Waals surface area contributed by atoms with Crippen LogP contribution in [0.25, 0.3) is 0 Å². The molecule has 0 bridgehead atoms. The van der Waals surface area contributed by atoms with Crippen LogP contribution in [0.4, 0.5) is 18.9 Å². The maximum atomic E-state index is 12.6. The number of aliphatic imine (C=N–C) groups is 1. The molecule has 2 N–H and O–H groups in total. The largest absolute Gasteiger partial charge is 0.434 e. The van der Waals surface area contributed by atoms with E-state index in [1.165, 1.54) is 5.69 Å². The molecule has 1 saturated heterocycles.